The zero-order valence-corrected chi connectivity index (χ0v) is 13.9. The molecule has 6 heteroatoms. The molecule has 1 aliphatic carbocycles. The molecule has 0 aromatic carbocycles. The van der Waals surface area contributed by atoms with E-state index >= 15 is 0 Å². The molecular formula is C13H29Cl2N3O. The Kier molecular flexibility index (Phi) is 11.0. The van der Waals surface area contributed by atoms with E-state index in [-0.39, 0.29) is 36.8 Å². The van der Waals surface area contributed by atoms with Crippen molar-refractivity contribution in [2.75, 3.05) is 19.6 Å². The summed E-state index contributed by atoms with van der Waals surface area (Å²) in [6, 6.07) is 0.170. The van der Waals surface area contributed by atoms with Crippen LogP contribution < -0.4 is 11.1 Å². The Balaban J connectivity index is 0. The van der Waals surface area contributed by atoms with Gasteiger partial charge >= 0.3 is 0 Å². The van der Waals surface area contributed by atoms with Crippen molar-refractivity contribution < 1.29 is 4.79 Å². The molecule has 0 spiro atoms. The topological polar surface area (TPSA) is 58.4 Å². The van der Waals surface area contributed by atoms with Gasteiger partial charge in [0.25, 0.3) is 0 Å². The molecule has 4 nitrogen and oxygen atoms in total. The van der Waals surface area contributed by atoms with Crippen LogP contribution >= 0.6 is 24.8 Å². The van der Waals surface area contributed by atoms with E-state index in [0.29, 0.717) is 0 Å². The van der Waals surface area contributed by atoms with E-state index in [1.165, 1.54) is 0 Å². The molecular weight excluding hydrogens is 285 g/mol. The van der Waals surface area contributed by atoms with E-state index in [4.69, 9.17) is 5.73 Å². The first kappa shape index (κ1) is 21.3. The summed E-state index contributed by atoms with van der Waals surface area (Å²) < 4.78 is 0. The number of carbonyl (C=O) groups is 1. The first-order chi connectivity index (χ1) is 8.01. The lowest BCUT2D eigenvalue weighted by Gasteiger charge is -2.28. The van der Waals surface area contributed by atoms with Crippen LogP contribution in [0.1, 0.15) is 46.5 Å². The lowest BCUT2D eigenvalue weighted by molar-refractivity contribution is -0.126. The maximum absolute atomic E-state index is 12.1. The van der Waals surface area contributed by atoms with Crippen molar-refractivity contribution in [3.63, 3.8) is 0 Å². The lowest BCUT2D eigenvalue weighted by Crippen LogP contribution is -2.55. The lowest BCUT2D eigenvalue weighted by atomic mass is 9.98. The van der Waals surface area contributed by atoms with Crippen LogP contribution in [0.3, 0.4) is 0 Å². The maximum Gasteiger partial charge on any atom is 0.240 e. The molecule has 0 aromatic rings. The van der Waals surface area contributed by atoms with Crippen LogP contribution in [0.5, 0.6) is 0 Å². The third kappa shape index (κ3) is 6.30. The van der Waals surface area contributed by atoms with E-state index in [9.17, 15) is 4.79 Å². The van der Waals surface area contributed by atoms with Crippen molar-refractivity contribution in [1.82, 2.24) is 10.2 Å². The van der Waals surface area contributed by atoms with Crippen LogP contribution in [-0.2, 0) is 4.79 Å². The van der Waals surface area contributed by atoms with Gasteiger partial charge in [-0.05, 0) is 32.9 Å². The van der Waals surface area contributed by atoms with Gasteiger partial charge in [-0.25, -0.2) is 0 Å². The molecule has 0 aromatic heterocycles. The molecule has 0 radical (unpaired) electrons. The van der Waals surface area contributed by atoms with Gasteiger partial charge in [-0.1, -0.05) is 26.7 Å². The first-order valence-electron chi connectivity index (χ1n) is 6.84. The van der Waals surface area contributed by atoms with Crippen molar-refractivity contribution in [1.29, 1.82) is 0 Å². The predicted molar refractivity (Wildman–Crippen MR) is 85.3 cm³/mol. The van der Waals surface area contributed by atoms with Crippen molar-refractivity contribution in [2.24, 2.45) is 5.73 Å². The number of carbonyl (C=O) groups excluding carboxylic acids is 1. The van der Waals surface area contributed by atoms with Crippen molar-refractivity contribution in [3.05, 3.63) is 0 Å². The van der Waals surface area contributed by atoms with Crippen molar-refractivity contribution >= 4 is 30.7 Å². The fraction of sp³-hybridized carbons (Fsp3) is 0.923. The maximum atomic E-state index is 12.1. The second-order valence-corrected chi connectivity index (χ2v) is 5.22. The molecule has 19 heavy (non-hydrogen) atoms. The van der Waals surface area contributed by atoms with Gasteiger partial charge in [-0.15, -0.1) is 24.8 Å². The standard InChI is InChI=1S/C13H27N3O.2ClH/c1-4-16(5-2)10-11(3)15-12(17)13(14)8-6-7-9-13;;/h11H,4-10,14H2,1-3H3,(H,15,17);2*1H. The molecule has 116 valence electrons. The number of halogens is 2. The van der Waals surface area contributed by atoms with E-state index in [1.807, 2.05) is 0 Å². The molecule has 1 saturated carbocycles. The highest BCUT2D eigenvalue weighted by atomic mass is 35.5. The zero-order chi connectivity index (χ0) is 12.9. The van der Waals surface area contributed by atoms with E-state index < -0.39 is 5.54 Å². The number of nitrogens with two attached hydrogens (primary N) is 1. The first-order valence-corrected chi connectivity index (χ1v) is 6.84. The Morgan fingerprint density at radius 2 is 1.74 bits per heavy atom. The van der Waals surface area contributed by atoms with Crippen LogP contribution in [0.2, 0.25) is 0 Å². The largest absolute Gasteiger partial charge is 0.351 e. The number of hydrogen-bond acceptors (Lipinski definition) is 3. The third-order valence-electron chi connectivity index (χ3n) is 3.75. The van der Waals surface area contributed by atoms with E-state index in [1.54, 1.807) is 0 Å². The van der Waals surface area contributed by atoms with Gasteiger partial charge in [-0.2, -0.15) is 0 Å². The molecule has 1 atom stereocenters. The Morgan fingerprint density at radius 1 is 1.26 bits per heavy atom. The minimum atomic E-state index is -0.600. The van der Waals surface area contributed by atoms with Crippen molar-refractivity contribution in [2.45, 2.75) is 58.0 Å². The summed E-state index contributed by atoms with van der Waals surface area (Å²) in [7, 11) is 0. The summed E-state index contributed by atoms with van der Waals surface area (Å²) in [5.41, 5.74) is 5.52. The Bertz CT molecular complexity index is 254. The highest BCUT2D eigenvalue weighted by Crippen LogP contribution is 2.27. The third-order valence-corrected chi connectivity index (χ3v) is 3.75. The molecule has 0 bridgehead atoms. The summed E-state index contributed by atoms with van der Waals surface area (Å²) in [6.45, 7) is 9.26. The fourth-order valence-electron chi connectivity index (χ4n) is 2.52. The van der Waals surface area contributed by atoms with Crippen LogP contribution in [0, 0.1) is 0 Å². The molecule has 1 fully saturated rings. The van der Waals surface area contributed by atoms with Gasteiger partial charge in [0, 0.05) is 12.6 Å². The van der Waals surface area contributed by atoms with Gasteiger partial charge in [0.1, 0.15) is 0 Å². The smallest absolute Gasteiger partial charge is 0.240 e. The van der Waals surface area contributed by atoms with Crippen LogP contribution in [0.25, 0.3) is 0 Å². The molecule has 0 aliphatic heterocycles. The molecule has 1 amide bonds. The molecule has 0 saturated heterocycles. The predicted octanol–water partition coefficient (Wildman–Crippen LogP) is 1.95. The quantitative estimate of drug-likeness (QED) is 0.788. The van der Waals surface area contributed by atoms with Gasteiger partial charge < -0.3 is 16.0 Å². The summed E-state index contributed by atoms with van der Waals surface area (Å²) in [4.78, 5) is 14.4. The second kappa shape index (κ2) is 9.81. The zero-order valence-electron chi connectivity index (χ0n) is 12.3. The molecule has 1 rings (SSSR count). The number of amides is 1. The highest BCUT2D eigenvalue weighted by molar-refractivity contribution is 5.86. The van der Waals surface area contributed by atoms with Gasteiger partial charge in [0.2, 0.25) is 5.91 Å². The molecule has 3 N–H and O–H groups in total. The SMILES string of the molecule is CCN(CC)CC(C)NC(=O)C1(N)CCCC1.Cl.Cl. The molecule has 1 unspecified atom stereocenters. The van der Waals surface area contributed by atoms with Crippen LogP contribution in [0.4, 0.5) is 0 Å². The molecule has 0 heterocycles. The number of nitrogens with zero attached hydrogens (tertiary/aromatic N) is 1. The van der Waals surface area contributed by atoms with Crippen LogP contribution in [0.15, 0.2) is 0 Å². The molecule has 1 aliphatic rings. The number of nitrogens with one attached hydrogen (secondary N) is 1. The summed E-state index contributed by atoms with van der Waals surface area (Å²) in [5.74, 6) is 0.0367. The number of hydrogen-bond donors (Lipinski definition) is 2. The number of likely N-dealkylation sites (N-methyl/N-ethyl adjacent to an activating group) is 1. The van der Waals surface area contributed by atoms with Crippen molar-refractivity contribution in [3.8, 4) is 0 Å². The second-order valence-electron chi connectivity index (χ2n) is 5.22. The van der Waals surface area contributed by atoms with Gasteiger partial charge in [0.15, 0.2) is 0 Å². The summed E-state index contributed by atoms with van der Waals surface area (Å²) in [6.07, 6.45) is 3.82. The fourth-order valence-corrected chi connectivity index (χ4v) is 2.52. The minimum Gasteiger partial charge on any atom is -0.351 e. The van der Waals surface area contributed by atoms with Gasteiger partial charge in [-0.3, -0.25) is 4.79 Å². The van der Waals surface area contributed by atoms with Gasteiger partial charge in [0.05, 0.1) is 5.54 Å². The Morgan fingerprint density at radius 3 is 2.16 bits per heavy atom. The van der Waals surface area contributed by atoms with Crippen LogP contribution in [-0.4, -0.2) is 42.0 Å². The number of rotatable bonds is 6. The Hall–Kier alpha value is -0.0300. The monoisotopic (exact) mass is 313 g/mol. The highest BCUT2D eigenvalue weighted by Gasteiger charge is 2.37. The minimum absolute atomic E-state index is 0. The van der Waals surface area contributed by atoms with E-state index in [0.717, 1.165) is 45.3 Å². The Labute approximate surface area is 129 Å². The summed E-state index contributed by atoms with van der Waals surface area (Å²) >= 11 is 0. The normalized spacial score (nSPS) is 18.4. The average molecular weight is 314 g/mol. The summed E-state index contributed by atoms with van der Waals surface area (Å²) in [5, 5.41) is 3.06. The van der Waals surface area contributed by atoms with E-state index in [2.05, 4.69) is 31.0 Å². The average Bonchev–Trinajstić information content (AvgIpc) is 2.74.